The molecule has 0 aromatic rings. The minimum atomic E-state index is -0.108. The molecule has 1 heteroatoms. The molecule has 4 rings (SSSR count). The maximum Gasteiger partial charge on any atom is 0.0578 e. The third-order valence-corrected chi connectivity index (χ3v) is 10.5. The van der Waals surface area contributed by atoms with E-state index in [0.717, 1.165) is 48.3 Å². The van der Waals surface area contributed by atoms with Crippen LogP contribution in [0.25, 0.3) is 0 Å². The van der Waals surface area contributed by atoms with Crippen molar-refractivity contribution in [2.45, 2.75) is 105 Å². The summed E-state index contributed by atoms with van der Waals surface area (Å²) < 4.78 is 0. The van der Waals surface area contributed by atoms with Gasteiger partial charge in [0.2, 0.25) is 0 Å². The Kier molecular flexibility index (Phi) is 5.86. The van der Waals surface area contributed by atoms with Gasteiger partial charge in [-0.2, -0.15) is 0 Å². The van der Waals surface area contributed by atoms with Crippen molar-refractivity contribution in [3.05, 3.63) is 23.3 Å². The molecule has 0 amide bonds. The van der Waals surface area contributed by atoms with Crippen molar-refractivity contribution < 1.29 is 5.11 Å². The third-order valence-electron chi connectivity index (χ3n) is 10.5. The van der Waals surface area contributed by atoms with Crippen LogP contribution in [0.1, 0.15) is 99.3 Å². The average Bonchev–Trinajstić information content (AvgIpc) is 3.03. The number of rotatable bonds is 5. The zero-order chi connectivity index (χ0) is 21.0. The lowest BCUT2D eigenvalue weighted by Crippen LogP contribution is -2.46. The van der Waals surface area contributed by atoms with Crippen LogP contribution in [0.4, 0.5) is 0 Å². The number of hydrogen-bond acceptors (Lipinski definition) is 1. The Morgan fingerprint density at radius 2 is 1.69 bits per heavy atom. The van der Waals surface area contributed by atoms with Crippen LogP contribution >= 0.6 is 0 Å². The summed E-state index contributed by atoms with van der Waals surface area (Å²) >= 11 is 0. The van der Waals surface area contributed by atoms with Gasteiger partial charge in [-0.1, -0.05) is 77.7 Å². The van der Waals surface area contributed by atoms with Crippen molar-refractivity contribution in [3.8, 4) is 0 Å². The summed E-state index contributed by atoms with van der Waals surface area (Å²) in [5.74, 6) is 4.97. The van der Waals surface area contributed by atoms with Crippen LogP contribution in [0.3, 0.4) is 0 Å². The second-order valence-corrected chi connectivity index (χ2v) is 12.3. The molecule has 1 N–H and O–H groups in total. The lowest BCUT2D eigenvalue weighted by atomic mass is 9.50. The maximum atomic E-state index is 10.2. The van der Waals surface area contributed by atoms with Crippen LogP contribution in [0.2, 0.25) is 0 Å². The van der Waals surface area contributed by atoms with Gasteiger partial charge in [0.15, 0.2) is 0 Å². The van der Waals surface area contributed by atoms with Crippen molar-refractivity contribution in [1.82, 2.24) is 0 Å². The van der Waals surface area contributed by atoms with Crippen molar-refractivity contribution in [2.75, 3.05) is 0 Å². The van der Waals surface area contributed by atoms with E-state index in [0.29, 0.717) is 10.8 Å². The van der Waals surface area contributed by atoms with Crippen molar-refractivity contribution in [2.24, 2.45) is 46.3 Å². The Morgan fingerprint density at radius 3 is 2.41 bits per heavy atom. The number of hydrogen-bond donors (Lipinski definition) is 1. The van der Waals surface area contributed by atoms with Gasteiger partial charge in [-0.05, 0) is 91.3 Å². The summed E-state index contributed by atoms with van der Waals surface area (Å²) in [6.45, 7) is 14.9. The highest BCUT2D eigenvalue weighted by Gasteiger charge is 2.56. The molecule has 0 aliphatic heterocycles. The Balaban J connectivity index is 1.52. The topological polar surface area (TPSA) is 20.2 Å². The quantitative estimate of drug-likeness (QED) is 0.506. The lowest BCUT2D eigenvalue weighted by Gasteiger charge is -2.55. The number of aliphatic hydroxyl groups is 1. The first kappa shape index (κ1) is 21.7. The van der Waals surface area contributed by atoms with Crippen molar-refractivity contribution in [1.29, 1.82) is 0 Å². The van der Waals surface area contributed by atoms with Gasteiger partial charge in [0.1, 0.15) is 0 Å². The van der Waals surface area contributed by atoms with Gasteiger partial charge in [-0.25, -0.2) is 0 Å². The molecule has 3 fully saturated rings. The SMILES string of the molecule is CC(C)[C@@H](C)CC[C@@H](C)[C@H]1CC[C@H]2C3=CC=C4C[C@@H](O)CC[C@]4(C)[C@H]3CC[C@]12C. The molecule has 0 unspecified atom stereocenters. The third kappa shape index (κ3) is 3.58. The molecule has 0 aromatic heterocycles. The van der Waals surface area contributed by atoms with E-state index in [1.165, 1.54) is 44.9 Å². The molecule has 0 aromatic carbocycles. The molecule has 0 heterocycles. The second kappa shape index (κ2) is 7.85. The Labute approximate surface area is 180 Å². The Bertz CT molecular complexity index is 672. The van der Waals surface area contributed by atoms with Gasteiger partial charge in [0.25, 0.3) is 0 Å². The summed E-state index contributed by atoms with van der Waals surface area (Å²) in [6, 6.07) is 0. The molecule has 0 radical (unpaired) electrons. The van der Waals surface area contributed by atoms with E-state index in [1.807, 2.05) is 0 Å². The fourth-order valence-corrected chi connectivity index (χ4v) is 8.02. The second-order valence-electron chi connectivity index (χ2n) is 12.3. The van der Waals surface area contributed by atoms with Gasteiger partial charge in [-0.3, -0.25) is 0 Å². The maximum absolute atomic E-state index is 10.2. The predicted molar refractivity (Wildman–Crippen MR) is 124 cm³/mol. The minimum absolute atomic E-state index is 0.108. The lowest BCUT2D eigenvalue weighted by molar-refractivity contribution is 0.0317. The number of aliphatic hydroxyl groups excluding tert-OH is 1. The first-order valence-electron chi connectivity index (χ1n) is 12.8. The van der Waals surface area contributed by atoms with Crippen molar-refractivity contribution in [3.63, 3.8) is 0 Å². The van der Waals surface area contributed by atoms with E-state index < -0.39 is 0 Å². The first-order chi connectivity index (χ1) is 13.7. The van der Waals surface area contributed by atoms with Crippen LogP contribution < -0.4 is 0 Å². The van der Waals surface area contributed by atoms with E-state index in [2.05, 4.69) is 53.7 Å². The fraction of sp³-hybridized carbons (Fsp3) is 0.857. The zero-order valence-electron chi connectivity index (χ0n) is 20.0. The van der Waals surface area contributed by atoms with Gasteiger partial charge in [0, 0.05) is 0 Å². The van der Waals surface area contributed by atoms with Crippen LogP contribution in [-0.2, 0) is 0 Å². The minimum Gasteiger partial charge on any atom is -0.393 e. The number of allylic oxidation sites excluding steroid dienone is 3. The average molecular weight is 399 g/mol. The van der Waals surface area contributed by atoms with E-state index in [9.17, 15) is 5.11 Å². The van der Waals surface area contributed by atoms with E-state index >= 15 is 0 Å². The van der Waals surface area contributed by atoms with Crippen LogP contribution in [0.15, 0.2) is 23.3 Å². The molecular formula is C28H46O. The summed E-state index contributed by atoms with van der Waals surface area (Å²) in [6.07, 6.45) is 16.4. The van der Waals surface area contributed by atoms with E-state index in [4.69, 9.17) is 0 Å². The zero-order valence-corrected chi connectivity index (χ0v) is 20.0. The summed E-state index contributed by atoms with van der Waals surface area (Å²) in [7, 11) is 0. The smallest absolute Gasteiger partial charge is 0.0578 e. The predicted octanol–water partition coefficient (Wildman–Crippen LogP) is 7.55. The van der Waals surface area contributed by atoms with Crippen LogP contribution in [-0.4, -0.2) is 11.2 Å². The highest BCUT2D eigenvalue weighted by molar-refractivity contribution is 5.38. The normalized spacial score (nSPS) is 43.7. The Hall–Kier alpha value is -0.560. The number of fused-ring (bicyclic) bond motifs is 5. The van der Waals surface area contributed by atoms with Gasteiger partial charge in [0.05, 0.1) is 6.10 Å². The molecular weight excluding hydrogens is 352 g/mol. The van der Waals surface area contributed by atoms with Crippen molar-refractivity contribution >= 4 is 0 Å². The standard InChI is InChI=1S/C28H46O/c1-18(2)19(3)7-8-20(4)24-11-12-25-23-10-9-21-17-22(29)13-15-27(21,5)26(23)14-16-28(24,25)6/h9-10,18-20,22,24-26,29H,7-8,11-17H2,1-6H3/t19-,20+,22-,24+,25-,26-,27-,28+/m0/s1. The summed E-state index contributed by atoms with van der Waals surface area (Å²) in [4.78, 5) is 0. The fourth-order valence-electron chi connectivity index (χ4n) is 8.02. The molecule has 4 aliphatic rings. The van der Waals surface area contributed by atoms with Gasteiger partial charge < -0.3 is 5.11 Å². The monoisotopic (exact) mass is 398 g/mol. The molecule has 0 bridgehead atoms. The van der Waals surface area contributed by atoms with Crippen LogP contribution in [0, 0.1) is 46.3 Å². The summed E-state index contributed by atoms with van der Waals surface area (Å²) in [5, 5.41) is 10.2. The Morgan fingerprint density at radius 1 is 0.931 bits per heavy atom. The van der Waals surface area contributed by atoms with Gasteiger partial charge in [-0.15, -0.1) is 0 Å². The molecule has 3 saturated carbocycles. The largest absolute Gasteiger partial charge is 0.393 e. The molecule has 1 nitrogen and oxygen atoms in total. The van der Waals surface area contributed by atoms with E-state index in [1.54, 1.807) is 11.1 Å². The molecule has 0 spiro atoms. The molecule has 29 heavy (non-hydrogen) atoms. The molecule has 0 saturated heterocycles. The summed E-state index contributed by atoms with van der Waals surface area (Å²) in [5.41, 5.74) is 4.17. The van der Waals surface area contributed by atoms with E-state index in [-0.39, 0.29) is 6.10 Å². The highest BCUT2D eigenvalue weighted by Crippen LogP contribution is 2.66. The molecule has 4 aliphatic carbocycles. The van der Waals surface area contributed by atoms with Gasteiger partial charge >= 0.3 is 0 Å². The van der Waals surface area contributed by atoms with Crippen LogP contribution in [0.5, 0.6) is 0 Å². The molecule has 8 atom stereocenters. The first-order valence-corrected chi connectivity index (χ1v) is 12.8. The molecule has 164 valence electrons. The highest BCUT2D eigenvalue weighted by atomic mass is 16.3.